The fourth-order valence-corrected chi connectivity index (χ4v) is 2.44. The van der Waals surface area contributed by atoms with E-state index in [1.54, 1.807) is 0 Å². The lowest BCUT2D eigenvalue weighted by Crippen LogP contribution is -2.36. The number of nitrogens with one attached hydrogen (secondary N) is 1. The van der Waals surface area contributed by atoms with Crippen molar-refractivity contribution >= 4 is 11.6 Å². The molecule has 0 aliphatic rings. The molecule has 0 amide bonds. The van der Waals surface area contributed by atoms with Crippen molar-refractivity contribution in [1.29, 1.82) is 0 Å². The summed E-state index contributed by atoms with van der Waals surface area (Å²) in [5, 5.41) is -0.571. The molecule has 2 aromatic heterocycles. The van der Waals surface area contributed by atoms with Crippen molar-refractivity contribution < 1.29 is 35.5 Å². The lowest BCUT2D eigenvalue weighted by molar-refractivity contribution is -0.141. The predicted molar refractivity (Wildman–Crippen MR) is 86.8 cm³/mol. The van der Waals surface area contributed by atoms with Gasteiger partial charge in [0.2, 0.25) is 0 Å². The second-order valence-electron chi connectivity index (χ2n) is 5.54. The molecule has 0 atom stereocenters. The molecule has 30 heavy (non-hydrogen) atoms. The molecule has 14 heteroatoms. The zero-order valence-electron chi connectivity index (χ0n) is 14.0. The molecular formula is C16H5ClF7N3O3. The average molecular weight is 456 g/mol. The minimum Gasteiger partial charge on any atom is -0.435 e. The van der Waals surface area contributed by atoms with Gasteiger partial charge >= 0.3 is 11.9 Å². The van der Waals surface area contributed by atoms with Gasteiger partial charge in [-0.05, 0) is 6.07 Å². The maximum atomic E-state index is 14.3. The third kappa shape index (κ3) is 4.01. The molecule has 3 aromatic rings. The van der Waals surface area contributed by atoms with Crippen LogP contribution in [0.3, 0.4) is 0 Å². The van der Waals surface area contributed by atoms with Gasteiger partial charge in [-0.1, -0.05) is 11.6 Å². The Balaban J connectivity index is 2.15. The highest BCUT2D eigenvalue weighted by Gasteiger charge is 2.33. The predicted octanol–water partition coefficient (Wildman–Crippen LogP) is 3.94. The molecule has 1 aromatic carbocycles. The first kappa shape index (κ1) is 21.4. The first-order valence-corrected chi connectivity index (χ1v) is 7.88. The van der Waals surface area contributed by atoms with Crippen molar-refractivity contribution in [3.63, 3.8) is 0 Å². The van der Waals surface area contributed by atoms with E-state index in [0.717, 1.165) is 0 Å². The van der Waals surface area contributed by atoms with Gasteiger partial charge in [-0.25, -0.2) is 22.5 Å². The highest BCUT2D eigenvalue weighted by atomic mass is 35.5. The molecule has 0 saturated heterocycles. The summed E-state index contributed by atoms with van der Waals surface area (Å²) in [6.07, 6.45) is -5.06. The van der Waals surface area contributed by atoms with E-state index < -0.39 is 68.9 Å². The van der Waals surface area contributed by atoms with E-state index in [-0.39, 0.29) is 16.7 Å². The van der Waals surface area contributed by atoms with Gasteiger partial charge in [-0.2, -0.15) is 22.5 Å². The summed E-state index contributed by atoms with van der Waals surface area (Å²) in [5.41, 5.74) is -5.81. The number of nitrogens with zero attached hydrogens (tertiary/aromatic N) is 2. The highest BCUT2D eigenvalue weighted by Crippen LogP contribution is 2.33. The van der Waals surface area contributed by atoms with E-state index in [0.29, 0.717) is 12.1 Å². The van der Waals surface area contributed by atoms with Gasteiger partial charge in [0, 0.05) is 18.2 Å². The minimum absolute atomic E-state index is 0.00650. The van der Waals surface area contributed by atoms with Crippen LogP contribution in [0, 0.1) is 23.4 Å². The van der Waals surface area contributed by atoms with Crippen molar-refractivity contribution in [2.24, 2.45) is 0 Å². The molecule has 0 unspecified atom stereocenters. The maximum absolute atomic E-state index is 14.3. The second kappa shape index (κ2) is 7.48. The first-order chi connectivity index (χ1) is 13.9. The van der Waals surface area contributed by atoms with E-state index >= 15 is 0 Å². The summed E-state index contributed by atoms with van der Waals surface area (Å²) in [4.78, 5) is 28.2. The van der Waals surface area contributed by atoms with Gasteiger partial charge in [0.1, 0.15) is 11.5 Å². The average Bonchev–Trinajstić information content (AvgIpc) is 2.61. The molecule has 0 bridgehead atoms. The molecule has 0 aliphatic heterocycles. The summed E-state index contributed by atoms with van der Waals surface area (Å²) in [6, 6.07) is 1.16. The Morgan fingerprint density at radius 3 is 2.23 bits per heavy atom. The fraction of sp³-hybridized carbons (Fsp3) is 0.0625. The quantitative estimate of drug-likeness (QED) is 0.479. The molecule has 6 nitrogen and oxygen atoms in total. The molecule has 0 fully saturated rings. The molecule has 1 N–H and O–H groups in total. The van der Waals surface area contributed by atoms with Gasteiger partial charge in [0.15, 0.2) is 17.4 Å². The van der Waals surface area contributed by atoms with Crippen molar-refractivity contribution in [2.45, 2.75) is 6.18 Å². The summed E-state index contributed by atoms with van der Waals surface area (Å²) in [7, 11) is 0. The van der Waals surface area contributed by atoms with E-state index in [1.165, 1.54) is 4.98 Å². The van der Waals surface area contributed by atoms with Crippen LogP contribution in [0.4, 0.5) is 30.7 Å². The van der Waals surface area contributed by atoms with Crippen LogP contribution in [0.25, 0.3) is 5.69 Å². The van der Waals surface area contributed by atoms with Crippen LogP contribution >= 0.6 is 11.6 Å². The Hall–Kier alpha value is -3.35. The van der Waals surface area contributed by atoms with Crippen LogP contribution in [0.2, 0.25) is 5.02 Å². The third-order valence-corrected chi connectivity index (χ3v) is 3.84. The molecule has 0 aliphatic carbocycles. The first-order valence-electron chi connectivity index (χ1n) is 7.51. The number of pyridine rings is 1. The lowest BCUT2D eigenvalue weighted by Gasteiger charge is -2.13. The largest absolute Gasteiger partial charge is 0.435 e. The fourth-order valence-electron chi connectivity index (χ4n) is 2.25. The number of hydrogen-bond acceptors (Lipinski definition) is 4. The number of aromatic nitrogens is 3. The Bertz CT molecular complexity index is 1240. The molecule has 0 saturated carbocycles. The number of hydrogen-bond donors (Lipinski definition) is 1. The standard InChI is InChI=1S/C16H5ClF7N3O3/c17-5-1-6(18)9(27-12(28)4-11(16(22,23)24)25-15(27)29)3-10(5)30-14-8(20)2-7(19)13(21)26-14/h1-4H,(H,25,29). The van der Waals surface area contributed by atoms with Gasteiger partial charge in [0.05, 0.1) is 10.7 Å². The lowest BCUT2D eigenvalue weighted by atomic mass is 10.2. The number of rotatable bonds is 3. The Labute approximate surface area is 165 Å². The van der Waals surface area contributed by atoms with Gasteiger partial charge < -0.3 is 9.72 Å². The molecular weight excluding hydrogens is 451 g/mol. The molecule has 0 spiro atoms. The van der Waals surface area contributed by atoms with Crippen LogP contribution in [-0.4, -0.2) is 14.5 Å². The Morgan fingerprint density at radius 1 is 0.967 bits per heavy atom. The van der Waals surface area contributed by atoms with Gasteiger partial charge in [-0.3, -0.25) is 4.79 Å². The SMILES string of the molecule is O=c1cc(C(F)(F)F)[nH]c(=O)n1-c1cc(Oc2nc(F)c(F)cc2F)c(Cl)cc1F. The summed E-state index contributed by atoms with van der Waals surface area (Å²) < 4.78 is 97.0. The number of aromatic amines is 1. The minimum atomic E-state index is -5.06. The van der Waals surface area contributed by atoms with Crippen LogP contribution in [0.15, 0.2) is 33.9 Å². The van der Waals surface area contributed by atoms with Crippen LogP contribution in [0.1, 0.15) is 5.69 Å². The van der Waals surface area contributed by atoms with Crippen molar-refractivity contribution in [3.8, 4) is 17.3 Å². The number of alkyl halides is 3. The molecule has 158 valence electrons. The molecule has 0 radical (unpaired) electrons. The highest BCUT2D eigenvalue weighted by molar-refractivity contribution is 6.32. The van der Waals surface area contributed by atoms with Crippen molar-refractivity contribution in [1.82, 2.24) is 14.5 Å². The zero-order chi connectivity index (χ0) is 22.4. The second-order valence-corrected chi connectivity index (χ2v) is 5.95. The number of ether oxygens (including phenoxy) is 1. The Kier molecular flexibility index (Phi) is 5.33. The maximum Gasteiger partial charge on any atom is 0.431 e. The van der Waals surface area contributed by atoms with E-state index in [9.17, 15) is 40.3 Å². The third-order valence-electron chi connectivity index (χ3n) is 3.54. The van der Waals surface area contributed by atoms with E-state index in [2.05, 4.69) is 4.98 Å². The smallest absolute Gasteiger partial charge is 0.431 e. The topological polar surface area (TPSA) is 77.0 Å². The van der Waals surface area contributed by atoms with E-state index in [4.69, 9.17) is 16.3 Å². The van der Waals surface area contributed by atoms with Gasteiger partial charge in [0.25, 0.3) is 17.4 Å². The summed E-state index contributed by atoms with van der Waals surface area (Å²) >= 11 is 5.72. The zero-order valence-corrected chi connectivity index (χ0v) is 14.7. The summed E-state index contributed by atoms with van der Waals surface area (Å²) in [6.45, 7) is 0. The Morgan fingerprint density at radius 2 is 1.63 bits per heavy atom. The van der Waals surface area contributed by atoms with E-state index in [1.807, 2.05) is 0 Å². The van der Waals surface area contributed by atoms with Crippen molar-refractivity contribution in [2.75, 3.05) is 0 Å². The molecule has 3 rings (SSSR count). The van der Waals surface area contributed by atoms with Crippen LogP contribution in [-0.2, 0) is 6.18 Å². The summed E-state index contributed by atoms with van der Waals surface area (Å²) in [5.74, 6) is -7.97. The monoisotopic (exact) mass is 455 g/mol. The van der Waals surface area contributed by atoms with Gasteiger partial charge in [-0.15, -0.1) is 0 Å². The van der Waals surface area contributed by atoms with Crippen molar-refractivity contribution in [3.05, 3.63) is 79.2 Å². The van der Waals surface area contributed by atoms with Crippen LogP contribution in [0.5, 0.6) is 11.6 Å². The number of benzene rings is 1. The normalized spacial score (nSPS) is 11.6. The number of H-pyrrole nitrogens is 1. The number of halogens is 8. The van der Waals surface area contributed by atoms with Crippen LogP contribution < -0.4 is 16.0 Å². The molecule has 2 heterocycles.